The number of anilines is 1. The number of barbiturate groups is 1. The number of amides is 5. The van der Waals surface area contributed by atoms with Crippen LogP contribution in [0.3, 0.4) is 0 Å². The molecule has 1 aliphatic rings. The van der Waals surface area contributed by atoms with E-state index in [0.717, 1.165) is 15.6 Å². The molecule has 0 aliphatic carbocycles. The molecule has 2 aromatic rings. The van der Waals surface area contributed by atoms with Crippen LogP contribution in [0.5, 0.6) is 5.75 Å². The topological polar surface area (TPSA) is 117 Å². The minimum absolute atomic E-state index is 0.233. The molecule has 148 valence electrons. The first-order chi connectivity index (χ1) is 13.9. The number of carbonyl (C=O) groups excluding carboxylic acids is 4. The quantitative estimate of drug-likeness (QED) is 0.404. The lowest BCUT2D eigenvalue weighted by atomic mass is 10.1. The number of ether oxygens (including phenoxy) is 1. The monoisotopic (exact) mass is 458 g/mol. The van der Waals surface area contributed by atoms with Crippen molar-refractivity contribution in [2.45, 2.75) is 0 Å². The Kier molecular flexibility index (Phi) is 6.03. The maximum Gasteiger partial charge on any atom is 0.335 e. The van der Waals surface area contributed by atoms with Gasteiger partial charge in [0, 0.05) is 22.3 Å². The molecule has 0 bridgehead atoms. The van der Waals surface area contributed by atoms with Crippen molar-refractivity contribution in [1.82, 2.24) is 10.7 Å². The number of imide groups is 2. The molecular weight excluding hydrogens is 444 g/mol. The molecule has 0 aromatic heterocycles. The third kappa shape index (κ3) is 4.49. The van der Waals surface area contributed by atoms with Crippen LogP contribution in [0.2, 0.25) is 0 Å². The van der Waals surface area contributed by atoms with E-state index in [1.165, 1.54) is 19.2 Å². The molecule has 29 heavy (non-hydrogen) atoms. The van der Waals surface area contributed by atoms with Crippen LogP contribution in [0.1, 0.15) is 10.4 Å². The number of carbonyl (C=O) groups is 4. The van der Waals surface area contributed by atoms with Crippen molar-refractivity contribution in [3.8, 4) is 5.75 Å². The molecule has 2 aromatic carbocycles. The van der Waals surface area contributed by atoms with Crippen LogP contribution in [0.15, 0.2) is 58.1 Å². The fraction of sp³-hybridized carbons (Fsp3) is 0.105. The average Bonchev–Trinajstić information content (AvgIpc) is 2.70. The molecule has 1 heterocycles. The number of benzene rings is 2. The largest absolute Gasteiger partial charge is 0.497 e. The summed E-state index contributed by atoms with van der Waals surface area (Å²) in [6, 6.07) is 11.9. The maximum atomic E-state index is 12.7. The lowest BCUT2D eigenvalue weighted by Crippen LogP contribution is -2.58. The fourth-order valence-corrected chi connectivity index (χ4v) is 2.82. The SMILES string of the molecule is COc1cccc(N2C(=O)NC(=O)[C@H](/C=N\NC(=O)c3ccc(Br)cc3)C2=O)c1. The highest BCUT2D eigenvalue weighted by molar-refractivity contribution is 9.10. The van der Waals surface area contributed by atoms with Crippen LogP contribution in [0.25, 0.3) is 0 Å². The Morgan fingerprint density at radius 2 is 1.93 bits per heavy atom. The normalized spacial score (nSPS) is 16.7. The first-order valence-corrected chi connectivity index (χ1v) is 9.12. The second kappa shape index (κ2) is 8.65. The number of nitrogens with one attached hydrogen (secondary N) is 2. The van der Waals surface area contributed by atoms with E-state index in [9.17, 15) is 19.2 Å². The Morgan fingerprint density at radius 3 is 2.62 bits per heavy atom. The molecule has 0 spiro atoms. The van der Waals surface area contributed by atoms with Gasteiger partial charge in [0.1, 0.15) is 5.75 Å². The van der Waals surface area contributed by atoms with Crippen LogP contribution in [-0.2, 0) is 9.59 Å². The average molecular weight is 459 g/mol. The van der Waals surface area contributed by atoms with Gasteiger partial charge in [-0.3, -0.25) is 19.7 Å². The van der Waals surface area contributed by atoms with E-state index >= 15 is 0 Å². The van der Waals surface area contributed by atoms with Crippen molar-refractivity contribution < 1.29 is 23.9 Å². The smallest absolute Gasteiger partial charge is 0.335 e. The van der Waals surface area contributed by atoms with E-state index in [-0.39, 0.29) is 5.69 Å². The number of rotatable bonds is 5. The zero-order valence-electron chi connectivity index (χ0n) is 15.1. The van der Waals surface area contributed by atoms with E-state index in [2.05, 4.69) is 31.8 Å². The summed E-state index contributed by atoms with van der Waals surface area (Å²) in [5.74, 6) is -3.09. The number of hydrogen-bond donors (Lipinski definition) is 2. The Bertz CT molecular complexity index is 1010. The van der Waals surface area contributed by atoms with E-state index in [4.69, 9.17) is 4.74 Å². The van der Waals surface area contributed by atoms with Gasteiger partial charge >= 0.3 is 6.03 Å². The van der Waals surface area contributed by atoms with E-state index in [1.54, 1.807) is 36.4 Å². The van der Waals surface area contributed by atoms with Crippen LogP contribution >= 0.6 is 15.9 Å². The van der Waals surface area contributed by atoms with Gasteiger partial charge in [-0.2, -0.15) is 5.10 Å². The molecule has 1 atom stereocenters. The Balaban J connectivity index is 1.75. The first-order valence-electron chi connectivity index (χ1n) is 8.32. The van der Waals surface area contributed by atoms with Crippen LogP contribution in [0.4, 0.5) is 10.5 Å². The number of urea groups is 1. The molecule has 1 saturated heterocycles. The number of nitrogens with zero attached hydrogens (tertiary/aromatic N) is 2. The van der Waals surface area contributed by atoms with Gasteiger partial charge < -0.3 is 4.74 Å². The lowest BCUT2D eigenvalue weighted by molar-refractivity contribution is -0.131. The summed E-state index contributed by atoms with van der Waals surface area (Å²) in [7, 11) is 1.45. The molecule has 1 aliphatic heterocycles. The van der Waals surface area contributed by atoms with Crippen molar-refractivity contribution in [2.75, 3.05) is 12.0 Å². The Hall–Kier alpha value is -3.53. The fourth-order valence-electron chi connectivity index (χ4n) is 2.55. The second-order valence-corrected chi connectivity index (χ2v) is 6.79. The highest BCUT2D eigenvalue weighted by atomic mass is 79.9. The molecule has 0 radical (unpaired) electrons. The van der Waals surface area contributed by atoms with Crippen LogP contribution < -0.4 is 20.4 Å². The highest BCUT2D eigenvalue weighted by Crippen LogP contribution is 2.24. The van der Waals surface area contributed by atoms with Crippen molar-refractivity contribution in [3.05, 3.63) is 58.6 Å². The van der Waals surface area contributed by atoms with E-state index in [1.807, 2.05) is 0 Å². The summed E-state index contributed by atoms with van der Waals surface area (Å²) in [4.78, 5) is 49.9. The lowest BCUT2D eigenvalue weighted by Gasteiger charge is -2.28. The minimum Gasteiger partial charge on any atom is -0.497 e. The van der Waals surface area contributed by atoms with Crippen molar-refractivity contribution >= 4 is 51.6 Å². The van der Waals surface area contributed by atoms with Crippen LogP contribution in [0, 0.1) is 5.92 Å². The van der Waals surface area contributed by atoms with Gasteiger partial charge in [-0.25, -0.2) is 15.1 Å². The summed E-state index contributed by atoms with van der Waals surface area (Å²) >= 11 is 3.27. The van der Waals surface area contributed by atoms with Gasteiger partial charge in [-0.05, 0) is 36.4 Å². The van der Waals surface area contributed by atoms with Gasteiger partial charge in [-0.1, -0.05) is 22.0 Å². The number of halogens is 1. The number of hydrogen-bond acceptors (Lipinski definition) is 6. The summed E-state index contributed by atoms with van der Waals surface area (Å²) in [6.45, 7) is 0. The Labute approximate surface area is 173 Å². The number of methoxy groups -OCH3 is 1. The zero-order chi connectivity index (χ0) is 21.0. The molecule has 3 rings (SSSR count). The minimum atomic E-state index is -1.39. The highest BCUT2D eigenvalue weighted by Gasteiger charge is 2.40. The van der Waals surface area contributed by atoms with Crippen molar-refractivity contribution in [3.63, 3.8) is 0 Å². The first kappa shape index (κ1) is 20.2. The standard InChI is InChI=1S/C19H15BrN4O5/c1-29-14-4-2-3-13(9-14)24-18(27)15(17(26)22-19(24)28)10-21-23-16(25)11-5-7-12(20)8-6-11/h2-10,15H,1H3,(H,23,25)(H,22,26,28)/b21-10-/t15-/m0/s1. The molecule has 5 amide bonds. The van der Waals surface area contributed by atoms with E-state index < -0.39 is 29.7 Å². The van der Waals surface area contributed by atoms with Gasteiger partial charge in [0.25, 0.3) is 11.8 Å². The molecule has 2 N–H and O–H groups in total. The van der Waals surface area contributed by atoms with Gasteiger partial charge in [0.2, 0.25) is 5.91 Å². The molecule has 1 fully saturated rings. The number of hydrazone groups is 1. The maximum absolute atomic E-state index is 12.7. The summed E-state index contributed by atoms with van der Waals surface area (Å²) in [5, 5.41) is 5.80. The molecule has 9 nitrogen and oxygen atoms in total. The van der Waals surface area contributed by atoms with Crippen molar-refractivity contribution in [2.24, 2.45) is 11.0 Å². The Morgan fingerprint density at radius 1 is 1.21 bits per heavy atom. The third-order valence-corrected chi connectivity index (χ3v) is 4.54. The van der Waals surface area contributed by atoms with E-state index in [0.29, 0.717) is 11.3 Å². The molecule has 10 heteroatoms. The van der Waals surface area contributed by atoms with Crippen LogP contribution in [-0.4, -0.2) is 37.1 Å². The third-order valence-electron chi connectivity index (χ3n) is 4.01. The zero-order valence-corrected chi connectivity index (χ0v) is 16.7. The summed E-state index contributed by atoms with van der Waals surface area (Å²) < 4.78 is 5.90. The molecule has 0 saturated carbocycles. The second-order valence-electron chi connectivity index (χ2n) is 5.87. The summed E-state index contributed by atoms with van der Waals surface area (Å²) in [6.07, 6.45) is 0.980. The predicted octanol–water partition coefficient (Wildman–Crippen LogP) is 2.07. The predicted molar refractivity (Wildman–Crippen MR) is 108 cm³/mol. The van der Waals surface area contributed by atoms with Gasteiger partial charge in [0.15, 0.2) is 5.92 Å². The summed E-state index contributed by atoms with van der Waals surface area (Å²) in [5.41, 5.74) is 2.83. The molecule has 0 unspecified atom stereocenters. The van der Waals surface area contributed by atoms with Gasteiger partial charge in [0.05, 0.1) is 12.8 Å². The van der Waals surface area contributed by atoms with Crippen molar-refractivity contribution in [1.29, 1.82) is 0 Å². The van der Waals surface area contributed by atoms with Gasteiger partial charge in [-0.15, -0.1) is 0 Å². The molecular formula is C19H15BrN4O5.